The van der Waals surface area contributed by atoms with E-state index in [0.717, 1.165) is 33.0 Å². The van der Waals surface area contributed by atoms with Crippen LogP contribution in [0.4, 0.5) is 0 Å². The van der Waals surface area contributed by atoms with Gasteiger partial charge in [0, 0.05) is 29.1 Å². The number of aromatic nitrogens is 1. The number of hydrogen-bond donors (Lipinski definition) is 2. The minimum atomic E-state index is 0.203. The second kappa shape index (κ2) is 8.30. The molecule has 0 saturated carbocycles. The van der Waals surface area contributed by atoms with Crippen LogP contribution in [0.3, 0.4) is 0 Å². The number of rotatable bonds is 6. The standard InChI is InChI=1S/C23H19ClN2O2/c24-19-8-3-16(4-9-19)14-25-15-18-6-5-17-7-10-20(26-22(17)23(18)27)11-12-21-2-1-13-28-21/h1-13,25,27H,14-15H2/b12-11+. The van der Waals surface area contributed by atoms with Crippen molar-refractivity contribution in [1.29, 1.82) is 0 Å². The van der Waals surface area contributed by atoms with E-state index in [1.54, 1.807) is 6.26 Å². The number of halogens is 1. The van der Waals surface area contributed by atoms with Crippen LogP contribution < -0.4 is 5.32 Å². The lowest BCUT2D eigenvalue weighted by atomic mass is 10.1. The Morgan fingerprint density at radius 3 is 2.57 bits per heavy atom. The van der Waals surface area contributed by atoms with E-state index in [2.05, 4.69) is 10.3 Å². The van der Waals surface area contributed by atoms with Crippen LogP contribution in [-0.2, 0) is 13.1 Å². The monoisotopic (exact) mass is 390 g/mol. The molecule has 0 aliphatic rings. The minimum absolute atomic E-state index is 0.203. The van der Waals surface area contributed by atoms with E-state index in [1.807, 2.05) is 72.8 Å². The molecule has 2 aromatic heterocycles. The van der Waals surface area contributed by atoms with Crippen molar-refractivity contribution in [1.82, 2.24) is 10.3 Å². The van der Waals surface area contributed by atoms with Crippen LogP contribution in [0.1, 0.15) is 22.6 Å². The maximum atomic E-state index is 10.7. The van der Waals surface area contributed by atoms with Crippen LogP contribution >= 0.6 is 11.6 Å². The van der Waals surface area contributed by atoms with Gasteiger partial charge in [0.05, 0.1) is 12.0 Å². The summed E-state index contributed by atoms with van der Waals surface area (Å²) in [6.45, 7) is 1.23. The highest BCUT2D eigenvalue weighted by Crippen LogP contribution is 2.28. The molecule has 0 radical (unpaired) electrons. The summed E-state index contributed by atoms with van der Waals surface area (Å²) in [4.78, 5) is 4.59. The first-order chi connectivity index (χ1) is 13.7. The summed E-state index contributed by atoms with van der Waals surface area (Å²) in [7, 11) is 0. The second-order valence-electron chi connectivity index (χ2n) is 6.46. The van der Waals surface area contributed by atoms with Crippen LogP contribution in [0.25, 0.3) is 23.1 Å². The van der Waals surface area contributed by atoms with E-state index in [9.17, 15) is 5.11 Å². The van der Waals surface area contributed by atoms with Gasteiger partial charge in [-0.05, 0) is 48.0 Å². The van der Waals surface area contributed by atoms with Gasteiger partial charge in [0.2, 0.25) is 0 Å². The average molecular weight is 391 g/mol. The molecular formula is C23H19ClN2O2. The van der Waals surface area contributed by atoms with Crippen molar-refractivity contribution >= 4 is 34.7 Å². The van der Waals surface area contributed by atoms with E-state index in [0.29, 0.717) is 18.6 Å². The molecule has 4 nitrogen and oxygen atoms in total. The van der Waals surface area contributed by atoms with E-state index >= 15 is 0 Å². The van der Waals surface area contributed by atoms with Crippen LogP contribution in [0.2, 0.25) is 5.02 Å². The van der Waals surface area contributed by atoms with Crippen molar-refractivity contribution in [3.8, 4) is 5.75 Å². The van der Waals surface area contributed by atoms with E-state index in [1.165, 1.54) is 0 Å². The topological polar surface area (TPSA) is 58.3 Å². The summed E-state index contributed by atoms with van der Waals surface area (Å²) in [5.41, 5.74) is 3.28. The first kappa shape index (κ1) is 18.3. The molecule has 2 N–H and O–H groups in total. The number of furan rings is 1. The van der Waals surface area contributed by atoms with Crippen molar-refractivity contribution < 1.29 is 9.52 Å². The Kier molecular flexibility index (Phi) is 5.42. The fourth-order valence-corrected chi connectivity index (χ4v) is 3.09. The summed E-state index contributed by atoms with van der Waals surface area (Å²) < 4.78 is 5.29. The molecule has 4 aromatic rings. The Balaban J connectivity index is 1.50. The molecule has 0 atom stereocenters. The lowest BCUT2D eigenvalue weighted by Crippen LogP contribution is -2.12. The molecule has 0 saturated heterocycles. The van der Waals surface area contributed by atoms with Gasteiger partial charge in [0.25, 0.3) is 0 Å². The number of aromatic hydroxyl groups is 1. The lowest BCUT2D eigenvalue weighted by Gasteiger charge is -2.10. The number of phenolic OH excluding ortho intramolecular Hbond substituents is 1. The molecule has 0 bridgehead atoms. The van der Waals surface area contributed by atoms with Gasteiger partial charge in [0.15, 0.2) is 0 Å². The zero-order valence-electron chi connectivity index (χ0n) is 15.1. The van der Waals surface area contributed by atoms with Gasteiger partial charge < -0.3 is 14.8 Å². The average Bonchev–Trinajstić information content (AvgIpc) is 3.23. The summed E-state index contributed by atoms with van der Waals surface area (Å²) in [6.07, 6.45) is 5.34. The number of pyridine rings is 1. The van der Waals surface area contributed by atoms with Gasteiger partial charge in [-0.2, -0.15) is 0 Å². The molecular weight excluding hydrogens is 372 g/mol. The highest BCUT2D eigenvalue weighted by molar-refractivity contribution is 6.30. The van der Waals surface area contributed by atoms with Crippen LogP contribution in [-0.4, -0.2) is 10.1 Å². The van der Waals surface area contributed by atoms with E-state index in [-0.39, 0.29) is 5.75 Å². The molecule has 4 rings (SSSR count). The molecule has 0 unspecified atom stereocenters. The van der Waals surface area contributed by atoms with Crippen molar-refractivity contribution in [2.45, 2.75) is 13.1 Å². The number of nitrogens with one attached hydrogen (secondary N) is 1. The molecule has 28 heavy (non-hydrogen) atoms. The summed E-state index contributed by atoms with van der Waals surface area (Å²) in [6, 6.07) is 19.2. The maximum Gasteiger partial charge on any atom is 0.146 e. The van der Waals surface area contributed by atoms with Gasteiger partial charge >= 0.3 is 0 Å². The highest BCUT2D eigenvalue weighted by Gasteiger charge is 2.08. The molecule has 0 aliphatic carbocycles. The number of hydrogen-bond acceptors (Lipinski definition) is 4. The third-order valence-corrected chi connectivity index (χ3v) is 4.71. The summed E-state index contributed by atoms with van der Waals surface area (Å²) in [5.74, 6) is 0.959. The Morgan fingerprint density at radius 2 is 1.79 bits per heavy atom. The fourth-order valence-electron chi connectivity index (χ4n) is 2.96. The quantitative estimate of drug-likeness (QED) is 0.447. The van der Waals surface area contributed by atoms with Crippen LogP contribution in [0.5, 0.6) is 5.75 Å². The highest BCUT2D eigenvalue weighted by atomic mass is 35.5. The third-order valence-electron chi connectivity index (χ3n) is 4.46. The normalized spacial score (nSPS) is 11.5. The zero-order valence-corrected chi connectivity index (χ0v) is 15.9. The molecule has 0 fully saturated rings. The van der Waals surface area contributed by atoms with Gasteiger partial charge in [-0.25, -0.2) is 4.98 Å². The third kappa shape index (κ3) is 4.25. The lowest BCUT2D eigenvalue weighted by molar-refractivity contribution is 0.469. The molecule has 2 aromatic carbocycles. The van der Waals surface area contributed by atoms with E-state index < -0.39 is 0 Å². The number of fused-ring (bicyclic) bond motifs is 1. The van der Waals surface area contributed by atoms with Gasteiger partial charge in [0.1, 0.15) is 17.0 Å². The predicted octanol–water partition coefficient (Wildman–Crippen LogP) is 5.65. The zero-order chi connectivity index (χ0) is 19.3. The Hall–Kier alpha value is -3.08. The summed E-state index contributed by atoms with van der Waals surface area (Å²) >= 11 is 5.91. The van der Waals surface area contributed by atoms with E-state index in [4.69, 9.17) is 16.0 Å². The summed E-state index contributed by atoms with van der Waals surface area (Å²) in [5, 5.41) is 15.7. The molecule has 0 amide bonds. The van der Waals surface area contributed by atoms with Crippen LogP contribution in [0, 0.1) is 0 Å². The predicted molar refractivity (Wildman–Crippen MR) is 113 cm³/mol. The smallest absolute Gasteiger partial charge is 0.146 e. The van der Waals surface area contributed by atoms with Gasteiger partial charge in [-0.1, -0.05) is 41.9 Å². The number of benzene rings is 2. The Morgan fingerprint density at radius 1 is 0.964 bits per heavy atom. The fraction of sp³-hybridized carbons (Fsp3) is 0.0870. The van der Waals surface area contributed by atoms with Crippen molar-refractivity contribution in [2.75, 3.05) is 0 Å². The van der Waals surface area contributed by atoms with Crippen molar-refractivity contribution in [2.24, 2.45) is 0 Å². The SMILES string of the molecule is Oc1c(CNCc2ccc(Cl)cc2)ccc2ccc(/C=C/c3ccco3)nc12. The number of nitrogens with zero attached hydrogens (tertiary/aromatic N) is 1. The molecule has 0 aliphatic heterocycles. The van der Waals surface area contributed by atoms with Gasteiger partial charge in [-0.15, -0.1) is 0 Å². The minimum Gasteiger partial charge on any atom is -0.505 e. The Labute approximate surface area is 168 Å². The Bertz CT molecular complexity index is 1100. The largest absolute Gasteiger partial charge is 0.505 e. The molecule has 2 heterocycles. The first-order valence-electron chi connectivity index (χ1n) is 8.97. The van der Waals surface area contributed by atoms with Crippen molar-refractivity contribution in [3.63, 3.8) is 0 Å². The van der Waals surface area contributed by atoms with Gasteiger partial charge in [-0.3, -0.25) is 0 Å². The second-order valence-corrected chi connectivity index (χ2v) is 6.90. The molecule has 140 valence electrons. The first-order valence-corrected chi connectivity index (χ1v) is 9.35. The molecule has 0 spiro atoms. The molecule has 5 heteroatoms. The van der Waals surface area contributed by atoms with Crippen molar-refractivity contribution in [3.05, 3.63) is 94.5 Å². The van der Waals surface area contributed by atoms with Crippen LogP contribution in [0.15, 0.2) is 71.3 Å². The maximum absolute atomic E-state index is 10.7. The number of phenols is 1.